The number of benzene rings is 1. The van der Waals surface area contributed by atoms with Crippen molar-refractivity contribution in [2.75, 3.05) is 26.2 Å². The summed E-state index contributed by atoms with van der Waals surface area (Å²) >= 11 is 6.15. The fourth-order valence-corrected chi connectivity index (χ4v) is 3.59. The molecular weight excluding hydrogens is 338 g/mol. The van der Waals surface area contributed by atoms with E-state index in [9.17, 15) is 4.79 Å². The number of rotatable bonds is 4. The van der Waals surface area contributed by atoms with Gasteiger partial charge >= 0.3 is 5.69 Å². The van der Waals surface area contributed by atoms with E-state index in [4.69, 9.17) is 11.6 Å². The van der Waals surface area contributed by atoms with Crippen LogP contribution < -0.4 is 11.0 Å². The van der Waals surface area contributed by atoms with Crippen LogP contribution in [0.1, 0.15) is 11.6 Å². The number of piperazine rings is 1. The van der Waals surface area contributed by atoms with Gasteiger partial charge in [-0.2, -0.15) is 0 Å². The van der Waals surface area contributed by atoms with Crippen LogP contribution in [0.2, 0.25) is 5.02 Å². The van der Waals surface area contributed by atoms with Crippen molar-refractivity contribution >= 4 is 17.2 Å². The van der Waals surface area contributed by atoms with Gasteiger partial charge in [-0.1, -0.05) is 29.8 Å². The highest BCUT2D eigenvalue weighted by Crippen LogP contribution is 2.24. The topological polar surface area (TPSA) is 54.6 Å². The number of halogens is 1. The number of hydrogen-bond donors (Lipinski definition) is 1. The van der Waals surface area contributed by atoms with Gasteiger partial charge in [-0.25, -0.2) is 9.48 Å². The van der Waals surface area contributed by atoms with E-state index in [2.05, 4.69) is 21.4 Å². The van der Waals surface area contributed by atoms with Crippen LogP contribution in [0.4, 0.5) is 0 Å². The third kappa shape index (κ3) is 3.33. The Hall–Kier alpha value is -2.15. The molecule has 7 heteroatoms. The van der Waals surface area contributed by atoms with Crippen LogP contribution in [0.25, 0.3) is 5.65 Å². The predicted molar refractivity (Wildman–Crippen MR) is 98.1 cm³/mol. The second-order valence-corrected chi connectivity index (χ2v) is 6.68. The zero-order valence-electron chi connectivity index (χ0n) is 13.8. The first-order valence-electron chi connectivity index (χ1n) is 8.47. The SMILES string of the molecule is O=c1n(CCN2CCNCC2c2cccc(Cl)c2)nc2ccccn12. The van der Waals surface area contributed by atoms with Crippen molar-refractivity contribution in [1.82, 2.24) is 24.4 Å². The minimum Gasteiger partial charge on any atom is -0.314 e. The van der Waals surface area contributed by atoms with Crippen molar-refractivity contribution in [1.29, 1.82) is 0 Å². The average molecular weight is 358 g/mol. The largest absolute Gasteiger partial charge is 0.350 e. The van der Waals surface area contributed by atoms with Crippen LogP contribution in [-0.2, 0) is 6.54 Å². The van der Waals surface area contributed by atoms with Gasteiger partial charge in [-0.3, -0.25) is 9.30 Å². The number of pyridine rings is 1. The van der Waals surface area contributed by atoms with Gasteiger partial charge in [0.15, 0.2) is 5.65 Å². The maximum absolute atomic E-state index is 12.4. The van der Waals surface area contributed by atoms with E-state index in [1.165, 1.54) is 5.56 Å². The first kappa shape index (κ1) is 16.3. The van der Waals surface area contributed by atoms with Crippen molar-refractivity contribution in [3.8, 4) is 0 Å². The molecule has 3 heterocycles. The molecule has 2 aromatic heterocycles. The first-order chi connectivity index (χ1) is 12.2. The molecule has 1 unspecified atom stereocenters. The third-order valence-corrected chi connectivity index (χ3v) is 4.91. The lowest BCUT2D eigenvalue weighted by Crippen LogP contribution is -2.47. The molecule has 1 fully saturated rings. The highest BCUT2D eigenvalue weighted by molar-refractivity contribution is 6.30. The number of nitrogens with zero attached hydrogens (tertiary/aromatic N) is 4. The van der Waals surface area contributed by atoms with Crippen LogP contribution in [0.3, 0.4) is 0 Å². The number of nitrogens with one attached hydrogen (secondary N) is 1. The lowest BCUT2D eigenvalue weighted by Gasteiger charge is -2.36. The quantitative estimate of drug-likeness (QED) is 0.773. The van der Waals surface area contributed by atoms with Gasteiger partial charge in [0.1, 0.15) is 0 Å². The summed E-state index contributed by atoms with van der Waals surface area (Å²) in [5.74, 6) is 0. The van der Waals surface area contributed by atoms with Crippen molar-refractivity contribution < 1.29 is 0 Å². The summed E-state index contributed by atoms with van der Waals surface area (Å²) in [5, 5.41) is 8.60. The molecule has 1 atom stereocenters. The molecule has 6 nitrogen and oxygen atoms in total. The maximum Gasteiger partial charge on any atom is 0.350 e. The van der Waals surface area contributed by atoms with Gasteiger partial charge in [0, 0.05) is 43.4 Å². The molecule has 1 aliphatic heterocycles. The Morgan fingerprint density at radius 2 is 2.12 bits per heavy atom. The summed E-state index contributed by atoms with van der Waals surface area (Å²) < 4.78 is 3.12. The van der Waals surface area contributed by atoms with Crippen molar-refractivity contribution in [2.45, 2.75) is 12.6 Å². The molecule has 0 saturated carbocycles. The second-order valence-electron chi connectivity index (χ2n) is 6.25. The summed E-state index contributed by atoms with van der Waals surface area (Å²) in [6, 6.07) is 13.8. The average Bonchev–Trinajstić information content (AvgIpc) is 2.96. The Kier molecular flexibility index (Phi) is 4.57. The molecule has 0 aliphatic carbocycles. The Bertz CT molecular complexity index is 934. The smallest absolute Gasteiger partial charge is 0.314 e. The Morgan fingerprint density at radius 3 is 2.96 bits per heavy atom. The number of hydrogen-bond acceptors (Lipinski definition) is 4. The van der Waals surface area contributed by atoms with Crippen LogP contribution in [0.15, 0.2) is 53.5 Å². The molecule has 3 aromatic rings. The standard InChI is InChI=1S/C18H20ClN5O/c19-15-5-3-4-14(12-15)16-13-20-7-9-22(16)10-11-24-18(25)23-8-2-1-6-17(23)21-24/h1-6,8,12,16,20H,7,9-11,13H2. The molecule has 1 saturated heterocycles. The first-order valence-corrected chi connectivity index (χ1v) is 8.84. The Morgan fingerprint density at radius 1 is 1.20 bits per heavy atom. The van der Waals surface area contributed by atoms with E-state index in [-0.39, 0.29) is 11.7 Å². The molecule has 0 amide bonds. The molecule has 130 valence electrons. The van der Waals surface area contributed by atoms with Crippen molar-refractivity contribution in [3.63, 3.8) is 0 Å². The lowest BCUT2D eigenvalue weighted by atomic mass is 10.0. The van der Waals surface area contributed by atoms with E-state index in [1.54, 1.807) is 15.3 Å². The fourth-order valence-electron chi connectivity index (χ4n) is 3.39. The highest BCUT2D eigenvalue weighted by Gasteiger charge is 2.24. The highest BCUT2D eigenvalue weighted by atomic mass is 35.5. The molecule has 0 radical (unpaired) electrons. The van der Waals surface area contributed by atoms with E-state index < -0.39 is 0 Å². The Labute approximate surface area is 150 Å². The van der Waals surface area contributed by atoms with Crippen molar-refractivity contribution in [2.24, 2.45) is 0 Å². The molecule has 1 aliphatic rings. The van der Waals surface area contributed by atoms with Gasteiger partial charge in [0.25, 0.3) is 0 Å². The van der Waals surface area contributed by atoms with Gasteiger partial charge in [-0.05, 0) is 29.8 Å². The summed E-state index contributed by atoms with van der Waals surface area (Å²) in [5.41, 5.74) is 1.78. The van der Waals surface area contributed by atoms with Gasteiger partial charge in [-0.15, -0.1) is 5.10 Å². The van der Waals surface area contributed by atoms with Gasteiger partial charge in [0.2, 0.25) is 0 Å². The van der Waals surface area contributed by atoms with Crippen LogP contribution in [-0.4, -0.2) is 45.3 Å². The zero-order valence-corrected chi connectivity index (χ0v) is 14.6. The van der Waals surface area contributed by atoms with E-state index in [1.807, 2.05) is 36.4 Å². The van der Waals surface area contributed by atoms with Crippen molar-refractivity contribution in [3.05, 3.63) is 69.7 Å². The predicted octanol–water partition coefficient (Wildman–Crippen LogP) is 1.80. The molecule has 0 bridgehead atoms. The van der Waals surface area contributed by atoms with Gasteiger partial charge < -0.3 is 5.32 Å². The molecule has 1 N–H and O–H groups in total. The molecular formula is C18H20ClN5O. The molecule has 1 aromatic carbocycles. The molecule has 0 spiro atoms. The van der Waals surface area contributed by atoms with Crippen LogP contribution >= 0.6 is 11.6 Å². The minimum absolute atomic E-state index is 0.0926. The summed E-state index contributed by atoms with van der Waals surface area (Å²) in [6.45, 7) is 4.08. The normalized spacial score (nSPS) is 18.7. The van der Waals surface area contributed by atoms with Crippen LogP contribution in [0.5, 0.6) is 0 Å². The van der Waals surface area contributed by atoms with Gasteiger partial charge in [0.05, 0.1) is 6.54 Å². The number of fused-ring (bicyclic) bond motifs is 1. The minimum atomic E-state index is -0.0926. The third-order valence-electron chi connectivity index (χ3n) is 4.68. The fraction of sp³-hybridized carbons (Fsp3) is 0.333. The van der Waals surface area contributed by atoms with Crippen LogP contribution in [0, 0.1) is 0 Å². The monoisotopic (exact) mass is 357 g/mol. The molecule has 25 heavy (non-hydrogen) atoms. The summed E-state index contributed by atoms with van der Waals surface area (Å²) in [4.78, 5) is 14.8. The van der Waals surface area contributed by atoms with E-state index in [0.717, 1.165) is 31.2 Å². The van der Waals surface area contributed by atoms with E-state index in [0.29, 0.717) is 12.2 Å². The zero-order chi connectivity index (χ0) is 17.2. The Balaban J connectivity index is 1.53. The summed E-state index contributed by atoms with van der Waals surface area (Å²) in [6.07, 6.45) is 1.75. The summed E-state index contributed by atoms with van der Waals surface area (Å²) in [7, 11) is 0. The number of aromatic nitrogens is 3. The lowest BCUT2D eigenvalue weighted by molar-refractivity contribution is 0.154. The molecule has 4 rings (SSSR count). The van der Waals surface area contributed by atoms with E-state index >= 15 is 0 Å². The second kappa shape index (κ2) is 7.00. The maximum atomic E-state index is 12.4.